The fourth-order valence-corrected chi connectivity index (χ4v) is 6.79. The van der Waals surface area contributed by atoms with Crippen molar-refractivity contribution in [1.29, 1.82) is 0 Å². The van der Waals surface area contributed by atoms with Crippen LogP contribution in [0.25, 0.3) is 11.3 Å². The second-order valence-electron chi connectivity index (χ2n) is 11.3. The molecule has 1 amide bonds. The maximum absolute atomic E-state index is 13.5. The Morgan fingerprint density at radius 3 is 2.62 bits per heavy atom. The topological polar surface area (TPSA) is 79.9 Å². The highest BCUT2D eigenvalue weighted by Crippen LogP contribution is 2.32. The third-order valence-corrected chi connectivity index (χ3v) is 9.20. The van der Waals surface area contributed by atoms with Crippen LogP contribution in [0.15, 0.2) is 46.9 Å². The first-order valence-corrected chi connectivity index (χ1v) is 15.7. The van der Waals surface area contributed by atoms with Gasteiger partial charge in [0.15, 0.2) is 0 Å². The van der Waals surface area contributed by atoms with Crippen molar-refractivity contribution in [3.63, 3.8) is 0 Å². The summed E-state index contributed by atoms with van der Waals surface area (Å²) in [5, 5.41) is 11.8. The Morgan fingerprint density at radius 1 is 1.17 bits per heavy atom. The Hall–Kier alpha value is -3.41. The zero-order valence-electron chi connectivity index (χ0n) is 24.5. The summed E-state index contributed by atoms with van der Waals surface area (Å²) in [7, 11) is 2.05. The number of aliphatic imine (C=N–C) groups is 1. The summed E-state index contributed by atoms with van der Waals surface area (Å²) in [6, 6.07) is 8.68. The lowest BCUT2D eigenvalue weighted by Gasteiger charge is -2.36. The lowest BCUT2D eigenvalue weighted by atomic mass is 10.2. The Labute approximate surface area is 250 Å². The number of amides is 1. The van der Waals surface area contributed by atoms with Crippen LogP contribution >= 0.6 is 11.8 Å². The minimum atomic E-state index is -0.387. The molecule has 1 N–H and O–H groups in total. The van der Waals surface area contributed by atoms with Crippen LogP contribution in [-0.2, 0) is 11.2 Å². The largest absolute Gasteiger partial charge is 0.391 e. The van der Waals surface area contributed by atoms with Crippen LogP contribution in [0.4, 0.5) is 15.9 Å². The van der Waals surface area contributed by atoms with Gasteiger partial charge < -0.3 is 19.8 Å². The summed E-state index contributed by atoms with van der Waals surface area (Å²) < 4.78 is 15.7. The number of benzene rings is 1. The fourth-order valence-electron chi connectivity index (χ4n) is 5.96. The number of aromatic nitrogens is 2. The van der Waals surface area contributed by atoms with E-state index in [1.54, 1.807) is 28.8 Å². The molecule has 0 aliphatic carbocycles. The smallest absolute Gasteiger partial charge is 0.236 e. The number of piperazine rings is 1. The molecule has 2 aromatic heterocycles. The molecule has 42 heavy (non-hydrogen) atoms. The molecule has 9 nitrogen and oxygen atoms in total. The predicted octanol–water partition coefficient (Wildman–Crippen LogP) is 3.64. The maximum atomic E-state index is 13.5. The molecule has 1 atom stereocenters. The van der Waals surface area contributed by atoms with Gasteiger partial charge in [-0.15, -0.1) is 11.8 Å². The van der Waals surface area contributed by atoms with Crippen LogP contribution in [0.1, 0.15) is 30.2 Å². The second-order valence-corrected chi connectivity index (χ2v) is 12.1. The zero-order valence-corrected chi connectivity index (χ0v) is 25.3. The number of aliphatic hydroxyl groups is 1. The van der Waals surface area contributed by atoms with Gasteiger partial charge in [-0.3, -0.25) is 14.1 Å². The van der Waals surface area contributed by atoms with Crippen molar-refractivity contribution in [1.82, 2.24) is 19.2 Å². The van der Waals surface area contributed by atoms with Gasteiger partial charge in [0.25, 0.3) is 0 Å². The highest BCUT2D eigenvalue weighted by Gasteiger charge is 2.28. The molecule has 5 heterocycles. The molecular weight excluding hydrogens is 553 g/mol. The number of anilines is 2. The van der Waals surface area contributed by atoms with Crippen molar-refractivity contribution < 1.29 is 14.3 Å². The van der Waals surface area contributed by atoms with Crippen LogP contribution in [0.2, 0.25) is 0 Å². The third-order valence-electron chi connectivity index (χ3n) is 8.38. The van der Waals surface area contributed by atoms with Gasteiger partial charge >= 0.3 is 0 Å². The number of nitrogens with zero attached hydrogens (tertiary/aromatic N) is 7. The summed E-state index contributed by atoms with van der Waals surface area (Å²) in [6.45, 7) is 9.02. The van der Waals surface area contributed by atoms with Gasteiger partial charge in [0, 0.05) is 58.1 Å². The number of rotatable bonds is 6. The molecule has 2 saturated heterocycles. The summed E-state index contributed by atoms with van der Waals surface area (Å²) in [4.78, 5) is 31.2. The monoisotopic (exact) mass is 591 g/mol. The average molecular weight is 592 g/mol. The molecule has 6 rings (SSSR count). The minimum absolute atomic E-state index is 0.108. The third kappa shape index (κ3) is 5.77. The number of amidine groups is 1. The minimum Gasteiger partial charge on any atom is -0.391 e. The molecule has 3 aromatic rings. The number of fused-ring (bicyclic) bond motifs is 1. The number of aryl methyl sites for hydroxylation is 2. The zero-order chi connectivity index (χ0) is 29.4. The number of halogens is 1. The van der Waals surface area contributed by atoms with E-state index in [0.29, 0.717) is 26.1 Å². The maximum Gasteiger partial charge on any atom is 0.236 e. The first-order chi connectivity index (χ1) is 20.3. The molecule has 222 valence electrons. The molecular formula is C31H38FN7O2S. The Morgan fingerprint density at radius 2 is 1.93 bits per heavy atom. The first-order valence-electron chi connectivity index (χ1n) is 14.6. The van der Waals surface area contributed by atoms with E-state index in [0.717, 1.165) is 83.9 Å². The molecule has 0 radical (unpaired) electrons. The van der Waals surface area contributed by atoms with Gasteiger partial charge in [-0.05, 0) is 61.1 Å². The number of carbonyl (C=O) groups excluding carboxylic acids is 1. The van der Waals surface area contributed by atoms with Gasteiger partial charge in [0.05, 0.1) is 35.5 Å². The molecule has 0 unspecified atom stereocenters. The Bertz CT molecular complexity index is 1530. The van der Waals surface area contributed by atoms with Gasteiger partial charge in [-0.2, -0.15) is 0 Å². The highest BCUT2D eigenvalue weighted by molar-refractivity contribution is 8.03. The van der Waals surface area contributed by atoms with Crippen LogP contribution < -0.4 is 9.80 Å². The van der Waals surface area contributed by atoms with Crippen LogP contribution in [0.3, 0.4) is 0 Å². The number of imidazole rings is 1. The number of thioether (sulfide) groups is 1. The highest BCUT2D eigenvalue weighted by atomic mass is 32.2. The van der Waals surface area contributed by atoms with E-state index in [2.05, 4.69) is 45.2 Å². The quantitative estimate of drug-likeness (QED) is 0.469. The van der Waals surface area contributed by atoms with Gasteiger partial charge in [-0.25, -0.2) is 14.4 Å². The number of pyridine rings is 1. The molecule has 0 saturated carbocycles. The number of β-amino-alcohol motifs (C(OH)–C–C–N with tert-alkyl or cyclic N) is 1. The van der Waals surface area contributed by atoms with E-state index in [1.165, 1.54) is 12.1 Å². The van der Waals surface area contributed by atoms with Crippen molar-refractivity contribution >= 4 is 46.4 Å². The van der Waals surface area contributed by atoms with E-state index in [1.807, 2.05) is 12.5 Å². The van der Waals surface area contributed by atoms with Crippen LogP contribution in [0, 0.1) is 12.7 Å². The summed E-state index contributed by atoms with van der Waals surface area (Å²) in [6.07, 6.45) is 3.25. The normalized spacial score (nSPS) is 19.8. The lowest BCUT2D eigenvalue weighted by molar-refractivity contribution is -0.131. The van der Waals surface area contributed by atoms with Crippen molar-refractivity contribution in [2.75, 3.05) is 68.4 Å². The molecule has 2 fully saturated rings. The SMILES string of the molecule is CCc1nc2c(C)cc(N3CCN(CC(=O)N4CC[C@@H](O)C4)CC3)cn2c1N(C)C1=NC(c2ccc(F)cc2)=CSC1. The van der Waals surface area contributed by atoms with Gasteiger partial charge in [0.1, 0.15) is 23.1 Å². The lowest BCUT2D eigenvalue weighted by Crippen LogP contribution is -2.50. The molecule has 1 aromatic carbocycles. The predicted molar refractivity (Wildman–Crippen MR) is 168 cm³/mol. The summed E-state index contributed by atoms with van der Waals surface area (Å²) >= 11 is 1.69. The number of aliphatic hydroxyl groups excluding tert-OH is 1. The summed E-state index contributed by atoms with van der Waals surface area (Å²) in [5.41, 5.74) is 5.91. The van der Waals surface area contributed by atoms with E-state index in [-0.39, 0.29) is 17.8 Å². The number of carbonyl (C=O) groups is 1. The van der Waals surface area contributed by atoms with Crippen molar-refractivity contribution in [3.05, 3.63) is 64.6 Å². The van der Waals surface area contributed by atoms with E-state index in [4.69, 9.17) is 9.98 Å². The van der Waals surface area contributed by atoms with Crippen molar-refractivity contribution in [2.24, 2.45) is 4.99 Å². The Balaban J connectivity index is 1.22. The first kappa shape index (κ1) is 28.7. The summed E-state index contributed by atoms with van der Waals surface area (Å²) in [5.74, 6) is 2.51. The molecule has 3 aliphatic heterocycles. The molecule has 0 bridgehead atoms. The average Bonchev–Trinajstić information content (AvgIpc) is 3.61. The van der Waals surface area contributed by atoms with Crippen LogP contribution in [-0.4, -0.2) is 101 Å². The van der Waals surface area contributed by atoms with E-state index < -0.39 is 0 Å². The molecule has 0 spiro atoms. The fraction of sp³-hybridized carbons (Fsp3) is 0.452. The van der Waals surface area contributed by atoms with E-state index >= 15 is 0 Å². The number of hydrogen-bond donors (Lipinski definition) is 1. The molecule has 3 aliphatic rings. The van der Waals surface area contributed by atoms with Gasteiger partial charge in [-0.1, -0.05) is 6.92 Å². The number of likely N-dealkylation sites (tertiary alicyclic amines) is 1. The standard InChI is InChI=1S/C31H38FN7O2S/c1-4-26-31(35(3)28-20-42-19-27(33-28)22-5-7-23(32)8-6-22)39-16-24(15-21(2)30(39)34-26)37-13-11-36(12-14-37)18-29(41)38-10-9-25(40)17-38/h5-8,15-16,19,25,40H,4,9-14,17-18,20H2,1-3H3/t25-/m1/s1. The second kappa shape index (κ2) is 12.1. The van der Waals surface area contributed by atoms with E-state index in [9.17, 15) is 14.3 Å². The van der Waals surface area contributed by atoms with Crippen LogP contribution in [0.5, 0.6) is 0 Å². The number of hydrogen-bond acceptors (Lipinski definition) is 8. The van der Waals surface area contributed by atoms with Crippen molar-refractivity contribution in [2.45, 2.75) is 32.8 Å². The van der Waals surface area contributed by atoms with Crippen molar-refractivity contribution in [3.8, 4) is 0 Å². The molecule has 11 heteroatoms. The Kier molecular flexibility index (Phi) is 8.24. The van der Waals surface area contributed by atoms with Gasteiger partial charge in [0.2, 0.25) is 5.91 Å².